The smallest absolute Gasteiger partial charge is 0.337 e. The third-order valence-corrected chi connectivity index (χ3v) is 2.40. The highest BCUT2D eigenvalue weighted by Gasteiger charge is 2.16. The van der Waals surface area contributed by atoms with Crippen molar-refractivity contribution < 1.29 is 14.3 Å². The lowest BCUT2D eigenvalue weighted by atomic mass is 10.1. The van der Waals surface area contributed by atoms with Crippen LogP contribution in [0, 0.1) is 11.7 Å². The molecule has 0 fully saturated rings. The number of carbonyl (C=O) groups is 1. The van der Waals surface area contributed by atoms with E-state index in [-0.39, 0.29) is 16.9 Å². The zero-order valence-corrected chi connectivity index (χ0v) is 10.2. The number of hydrogen-bond donors (Lipinski definition) is 2. The summed E-state index contributed by atoms with van der Waals surface area (Å²) in [6.45, 7) is 4.65. The summed E-state index contributed by atoms with van der Waals surface area (Å²) in [7, 11) is 1.72. The average molecular weight is 240 g/mol. The maximum atomic E-state index is 13.7. The monoisotopic (exact) mass is 240 g/mol. The Morgan fingerprint density at radius 2 is 2.12 bits per heavy atom. The van der Waals surface area contributed by atoms with Crippen molar-refractivity contribution in [2.75, 3.05) is 24.2 Å². The molecule has 0 aliphatic carbocycles. The van der Waals surface area contributed by atoms with E-state index in [2.05, 4.69) is 0 Å². The van der Waals surface area contributed by atoms with Gasteiger partial charge in [-0.25, -0.2) is 9.18 Å². The fourth-order valence-corrected chi connectivity index (χ4v) is 1.70. The highest BCUT2D eigenvalue weighted by molar-refractivity contribution is 5.95. The molecule has 3 N–H and O–H groups in total. The molecule has 0 radical (unpaired) electrons. The molecule has 0 atom stereocenters. The SMILES string of the molecule is CC(C)CN(C)c1cc(C(=O)O)c(N)cc1F. The summed E-state index contributed by atoms with van der Waals surface area (Å²) in [4.78, 5) is 12.6. The summed E-state index contributed by atoms with van der Waals surface area (Å²) >= 11 is 0. The molecular formula is C12H17FN2O2. The van der Waals surface area contributed by atoms with E-state index in [0.717, 1.165) is 6.07 Å². The van der Waals surface area contributed by atoms with Crippen LogP contribution in [0.2, 0.25) is 0 Å². The normalized spacial score (nSPS) is 10.6. The van der Waals surface area contributed by atoms with Gasteiger partial charge in [0.15, 0.2) is 0 Å². The standard InChI is InChI=1S/C12H17FN2O2/c1-7(2)6-15(3)11-4-8(12(16)17)10(14)5-9(11)13/h4-5,7H,6,14H2,1-3H3,(H,16,17). The second-order valence-corrected chi connectivity index (χ2v) is 4.47. The van der Waals surface area contributed by atoms with Crippen LogP contribution in [0.25, 0.3) is 0 Å². The van der Waals surface area contributed by atoms with Gasteiger partial charge < -0.3 is 15.7 Å². The van der Waals surface area contributed by atoms with Gasteiger partial charge in [0.2, 0.25) is 0 Å². The highest BCUT2D eigenvalue weighted by Crippen LogP contribution is 2.25. The molecule has 94 valence electrons. The molecule has 0 heterocycles. The zero-order chi connectivity index (χ0) is 13.2. The topological polar surface area (TPSA) is 66.6 Å². The highest BCUT2D eigenvalue weighted by atomic mass is 19.1. The minimum atomic E-state index is -1.15. The van der Waals surface area contributed by atoms with Gasteiger partial charge in [-0.15, -0.1) is 0 Å². The van der Waals surface area contributed by atoms with Crippen molar-refractivity contribution in [2.24, 2.45) is 5.92 Å². The summed E-state index contributed by atoms with van der Waals surface area (Å²) in [5, 5.41) is 8.92. The van der Waals surface area contributed by atoms with Gasteiger partial charge in [0.25, 0.3) is 0 Å². The average Bonchev–Trinajstić information content (AvgIpc) is 2.15. The van der Waals surface area contributed by atoms with Gasteiger partial charge in [-0.05, 0) is 18.1 Å². The molecule has 4 nitrogen and oxygen atoms in total. The second kappa shape index (κ2) is 5.03. The number of aromatic carboxylic acids is 1. The van der Waals surface area contributed by atoms with E-state index in [1.54, 1.807) is 11.9 Å². The predicted octanol–water partition coefficient (Wildman–Crippen LogP) is 2.20. The number of carboxylic acids is 1. The molecule has 1 aromatic rings. The van der Waals surface area contributed by atoms with E-state index in [0.29, 0.717) is 12.5 Å². The van der Waals surface area contributed by atoms with E-state index in [4.69, 9.17) is 10.8 Å². The molecule has 0 unspecified atom stereocenters. The predicted molar refractivity (Wildman–Crippen MR) is 65.9 cm³/mol. The minimum Gasteiger partial charge on any atom is -0.478 e. The molecule has 0 saturated heterocycles. The Morgan fingerprint density at radius 3 is 2.59 bits per heavy atom. The van der Waals surface area contributed by atoms with E-state index in [1.807, 2.05) is 13.8 Å². The van der Waals surface area contributed by atoms with Crippen LogP contribution in [0.5, 0.6) is 0 Å². The number of hydrogen-bond acceptors (Lipinski definition) is 3. The molecule has 0 amide bonds. The van der Waals surface area contributed by atoms with Crippen molar-refractivity contribution in [2.45, 2.75) is 13.8 Å². The third-order valence-electron chi connectivity index (χ3n) is 2.40. The van der Waals surface area contributed by atoms with Crippen molar-refractivity contribution in [3.05, 3.63) is 23.5 Å². The molecule has 1 rings (SSSR count). The van der Waals surface area contributed by atoms with E-state index in [1.165, 1.54) is 6.07 Å². The van der Waals surface area contributed by atoms with Gasteiger partial charge in [0.05, 0.1) is 11.3 Å². The Balaban J connectivity index is 3.15. The van der Waals surface area contributed by atoms with Crippen molar-refractivity contribution in [3.8, 4) is 0 Å². The van der Waals surface area contributed by atoms with Crippen LogP contribution in [-0.4, -0.2) is 24.7 Å². The maximum Gasteiger partial charge on any atom is 0.337 e. The number of nitrogen functional groups attached to an aromatic ring is 1. The lowest BCUT2D eigenvalue weighted by Gasteiger charge is -2.22. The van der Waals surface area contributed by atoms with Crippen LogP contribution in [-0.2, 0) is 0 Å². The molecule has 0 aliphatic heterocycles. The van der Waals surface area contributed by atoms with Gasteiger partial charge >= 0.3 is 5.97 Å². The Labute approximate surface area is 99.8 Å². The Morgan fingerprint density at radius 1 is 1.53 bits per heavy atom. The summed E-state index contributed by atoms with van der Waals surface area (Å²) in [5.74, 6) is -1.30. The summed E-state index contributed by atoms with van der Waals surface area (Å²) in [6, 6.07) is 2.32. The minimum absolute atomic E-state index is 0.0586. The number of nitrogens with zero attached hydrogens (tertiary/aromatic N) is 1. The molecule has 0 spiro atoms. The van der Waals surface area contributed by atoms with Crippen LogP contribution >= 0.6 is 0 Å². The van der Waals surface area contributed by atoms with Crippen LogP contribution in [0.15, 0.2) is 12.1 Å². The third kappa shape index (κ3) is 3.09. The number of nitrogens with two attached hydrogens (primary N) is 1. The first-order valence-electron chi connectivity index (χ1n) is 5.36. The number of halogens is 1. The quantitative estimate of drug-likeness (QED) is 0.792. The number of carboxylic acid groups (broad SMARTS) is 1. The number of benzene rings is 1. The maximum absolute atomic E-state index is 13.7. The molecule has 0 saturated carbocycles. The van der Waals surface area contributed by atoms with Crippen LogP contribution in [0.4, 0.5) is 15.8 Å². The van der Waals surface area contributed by atoms with E-state index < -0.39 is 11.8 Å². The fraction of sp³-hybridized carbons (Fsp3) is 0.417. The molecule has 1 aromatic carbocycles. The first-order chi connectivity index (χ1) is 7.82. The van der Waals surface area contributed by atoms with Crippen molar-refractivity contribution in [1.29, 1.82) is 0 Å². The van der Waals surface area contributed by atoms with Crippen molar-refractivity contribution >= 4 is 17.3 Å². The van der Waals surface area contributed by atoms with Crippen LogP contribution < -0.4 is 10.6 Å². The van der Waals surface area contributed by atoms with E-state index in [9.17, 15) is 9.18 Å². The second-order valence-electron chi connectivity index (χ2n) is 4.47. The first-order valence-corrected chi connectivity index (χ1v) is 5.36. The van der Waals surface area contributed by atoms with Gasteiger partial charge in [-0.1, -0.05) is 13.8 Å². The lowest BCUT2D eigenvalue weighted by molar-refractivity contribution is 0.0698. The van der Waals surface area contributed by atoms with Crippen molar-refractivity contribution in [3.63, 3.8) is 0 Å². The van der Waals surface area contributed by atoms with Gasteiger partial charge in [0.1, 0.15) is 5.82 Å². The fourth-order valence-electron chi connectivity index (χ4n) is 1.70. The van der Waals surface area contributed by atoms with Gasteiger partial charge in [-0.3, -0.25) is 0 Å². The van der Waals surface area contributed by atoms with Crippen LogP contribution in [0.3, 0.4) is 0 Å². The largest absolute Gasteiger partial charge is 0.478 e. The Hall–Kier alpha value is -1.78. The van der Waals surface area contributed by atoms with Crippen molar-refractivity contribution in [1.82, 2.24) is 0 Å². The lowest BCUT2D eigenvalue weighted by Crippen LogP contribution is -2.24. The molecule has 0 aliphatic rings. The van der Waals surface area contributed by atoms with Gasteiger partial charge in [-0.2, -0.15) is 0 Å². The number of anilines is 2. The number of rotatable bonds is 4. The Kier molecular flexibility index (Phi) is 3.93. The Bertz CT molecular complexity index is 433. The summed E-state index contributed by atoms with van der Waals surface area (Å²) in [5.41, 5.74) is 5.58. The molecule has 17 heavy (non-hydrogen) atoms. The van der Waals surface area contributed by atoms with Crippen LogP contribution in [0.1, 0.15) is 24.2 Å². The first kappa shape index (κ1) is 13.3. The zero-order valence-electron chi connectivity index (χ0n) is 10.2. The van der Waals surface area contributed by atoms with Gasteiger partial charge in [0, 0.05) is 19.3 Å². The molecule has 0 bridgehead atoms. The molecular weight excluding hydrogens is 223 g/mol. The van der Waals surface area contributed by atoms with E-state index >= 15 is 0 Å². The molecule has 5 heteroatoms. The molecule has 0 aromatic heterocycles. The summed E-state index contributed by atoms with van der Waals surface area (Å²) in [6.07, 6.45) is 0. The summed E-state index contributed by atoms with van der Waals surface area (Å²) < 4.78 is 13.7.